The molecule has 0 saturated carbocycles. The number of rotatable bonds is 8. The van der Waals surface area contributed by atoms with Crippen LogP contribution >= 0.6 is 34.4 Å². The summed E-state index contributed by atoms with van der Waals surface area (Å²) in [7, 11) is 0. The minimum Gasteiger partial charge on any atom is -0.481 e. The predicted molar refractivity (Wildman–Crippen MR) is 110 cm³/mol. The van der Waals surface area contributed by atoms with Gasteiger partial charge in [-0.25, -0.2) is 0 Å². The molecule has 0 spiro atoms. The minimum atomic E-state index is -1.00. The maximum Gasteiger partial charge on any atom is 0.303 e. The lowest BCUT2D eigenvalue weighted by Crippen LogP contribution is -2.14. The number of benzene rings is 2. The van der Waals surface area contributed by atoms with Crippen LogP contribution in [-0.2, 0) is 14.4 Å². The van der Waals surface area contributed by atoms with Crippen LogP contribution in [0.3, 0.4) is 0 Å². The van der Waals surface area contributed by atoms with Crippen LogP contribution < -0.4 is 10.6 Å². The molecule has 0 aromatic heterocycles. The van der Waals surface area contributed by atoms with E-state index in [0.29, 0.717) is 5.69 Å². The van der Waals surface area contributed by atoms with Crippen LogP contribution in [0.15, 0.2) is 53.4 Å². The fraction of sp³-hybridized carbons (Fsp3) is 0.167. The van der Waals surface area contributed by atoms with E-state index in [9.17, 15) is 14.4 Å². The van der Waals surface area contributed by atoms with Gasteiger partial charge < -0.3 is 15.7 Å². The van der Waals surface area contributed by atoms with Gasteiger partial charge in [-0.1, -0.05) is 0 Å². The van der Waals surface area contributed by atoms with Crippen molar-refractivity contribution in [1.82, 2.24) is 0 Å². The number of halogens is 1. The van der Waals surface area contributed by atoms with Crippen LogP contribution in [0.25, 0.3) is 0 Å². The van der Waals surface area contributed by atoms with Crippen molar-refractivity contribution in [2.75, 3.05) is 16.4 Å². The Morgan fingerprint density at radius 1 is 0.846 bits per heavy atom. The van der Waals surface area contributed by atoms with Crippen molar-refractivity contribution in [3.05, 3.63) is 52.1 Å². The molecule has 0 radical (unpaired) electrons. The van der Waals surface area contributed by atoms with Crippen molar-refractivity contribution < 1.29 is 19.5 Å². The average Bonchev–Trinajstić information content (AvgIpc) is 2.61. The lowest BCUT2D eigenvalue weighted by atomic mass is 10.2. The predicted octanol–water partition coefficient (Wildman–Crippen LogP) is 3.83. The molecule has 0 aliphatic rings. The molecule has 3 N–H and O–H groups in total. The fourth-order valence-corrected chi connectivity index (χ4v) is 3.02. The molecule has 0 unspecified atom stereocenters. The van der Waals surface area contributed by atoms with E-state index >= 15 is 0 Å². The van der Waals surface area contributed by atoms with Crippen LogP contribution in [0.5, 0.6) is 0 Å². The number of carbonyl (C=O) groups is 3. The third kappa shape index (κ3) is 7.44. The van der Waals surface area contributed by atoms with Crippen molar-refractivity contribution >= 4 is 63.5 Å². The smallest absolute Gasteiger partial charge is 0.303 e. The zero-order chi connectivity index (χ0) is 18.9. The van der Waals surface area contributed by atoms with Gasteiger partial charge in [-0.15, -0.1) is 11.8 Å². The number of carboxylic acids is 1. The van der Waals surface area contributed by atoms with E-state index in [1.165, 1.54) is 11.8 Å². The molecule has 0 aliphatic heterocycles. The summed E-state index contributed by atoms with van der Waals surface area (Å²) in [6, 6.07) is 14.6. The molecule has 0 atom stereocenters. The summed E-state index contributed by atoms with van der Waals surface area (Å²) < 4.78 is 1.10. The summed E-state index contributed by atoms with van der Waals surface area (Å²) in [5, 5.41) is 14.0. The molecule has 0 saturated heterocycles. The molecule has 0 aliphatic carbocycles. The molecule has 26 heavy (non-hydrogen) atoms. The maximum atomic E-state index is 12.0. The molecule has 6 nitrogen and oxygen atoms in total. The molecule has 2 aromatic carbocycles. The molecular formula is C18H17IN2O4S. The standard InChI is InChI=1S/C18H17IN2O4S/c19-12-1-3-13(4-2-12)21-17(23)11-26-15-7-5-14(6-8-15)20-16(22)9-10-18(24)25/h1-8H,9-11H2,(H,20,22)(H,21,23)(H,24,25). The van der Waals surface area contributed by atoms with Gasteiger partial charge in [0.1, 0.15) is 0 Å². The van der Waals surface area contributed by atoms with Gasteiger partial charge >= 0.3 is 5.97 Å². The molecule has 2 rings (SSSR count). The number of hydrogen-bond acceptors (Lipinski definition) is 4. The molecule has 8 heteroatoms. The van der Waals surface area contributed by atoms with Gasteiger partial charge in [0.15, 0.2) is 0 Å². The topological polar surface area (TPSA) is 95.5 Å². The van der Waals surface area contributed by atoms with Crippen LogP contribution in [0.4, 0.5) is 11.4 Å². The summed E-state index contributed by atoms with van der Waals surface area (Å²) in [4.78, 5) is 34.9. The minimum absolute atomic E-state index is 0.0649. The van der Waals surface area contributed by atoms with Crippen LogP contribution in [0.2, 0.25) is 0 Å². The van der Waals surface area contributed by atoms with Crippen molar-refractivity contribution in [2.45, 2.75) is 17.7 Å². The maximum absolute atomic E-state index is 12.0. The average molecular weight is 484 g/mol. The summed E-state index contributed by atoms with van der Waals surface area (Å²) in [6.45, 7) is 0. The summed E-state index contributed by atoms with van der Waals surface area (Å²) >= 11 is 3.59. The van der Waals surface area contributed by atoms with Crippen molar-refractivity contribution in [2.24, 2.45) is 0 Å². The molecule has 0 bridgehead atoms. The Morgan fingerprint density at radius 3 is 1.96 bits per heavy atom. The van der Waals surface area contributed by atoms with E-state index in [1.54, 1.807) is 24.3 Å². The number of hydrogen-bond donors (Lipinski definition) is 3. The van der Waals surface area contributed by atoms with Crippen LogP contribution in [-0.4, -0.2) is 28.6 Å². The Morgan fingerprint density at radius 2 is 1.38 bits per heavy atom. The first kappa shape index (κ1) is 20.2. The molecule has 0 fully saturated rings. The van der Waals surface area contributed by atoms with Crippen LogP contribution in [0.1, 0.15) is 12.8 Å². The zero-order valence-corrected chi connectivity index (χ0v) is 16.7. The second-order valence-electron chi connectivity index (χ2n) is 5.31. The van der Waals surface area contributed by atoms with Gasteiger partial charge in [0.05, 0.1) is 12.2 Å². The van der Waals surface area contributed by atoms with Gasteiger partial charge in [-0.3, -0.25) is 14.4 Å². The highest BCUT2D eigenvalue weighted by Gasteiger charge is 2.07. The number of aliphatic carboxylic acids is 1. The first-order chi connectivity index (χ1) is 12.4. The number of amides is 2. The normalized spacial score (nSPS) is 10.2. The third-order valence-corrected chi connectivity index (χ3v) is 4.93. The summed E-state index contributed by atoms with van der Waals surface area (Å²) in [5.41, 5.74) is 1.35. The number of nitrogens with one attached hydrogen (secondary N) is 2. The van der Waals surface area contributed by atoms with E-state index in [-0.39, 0.29) is 30.4 Å². The SMILES string of the molecule is O=C(O)CCC(=O)Nc1ccc(SCC(=O)Nc2ccc(I)cc2)cc1. The molecule has 2 amide bonds. The molecule has 0 heterocycles. The number of thioether (sulfide) groups is 1. The highest BCUT2D eigenvalue weighted by atomic mass is 127. The monoisotopic (exact) mass is 484 g/mol. The van der Waals surface area contributed by atoms with Crippen LogP contribution in [0, 0.1) is 3.57 Å². The van der Waals surface area contributed by atoms with E-state index in [2.05, 4.69) is 33.2 Å². The quantitative estimate of drug-likeness (QED) is 0.391. The van der Waals surface area contributed by atoms with Crippen molar-refractivity contribution in [3.63, 3.8) is 0 Å². The summed E-state index contributed by atoms with van der Waals surface area (Å²) in [6.07, 6.45) is -0.264. The molecule has 2 aromatic rings. The summed E-state index contributed by atoms with van der Waals surface area (Å²) in [5.74, 6) is -1.17. The second kappa shape index (κ2) is 10.2. The fourth-order valence-electron chi connectivity index (χ4n) is 1.96. The lowest BCUT2D eigenvalue weighted by Gasteiger charge is -2.07. The second-order valence-corrected chi connectivity index (χ2v) is 7.60. The van der Waals surface area contributed by atoms with Crippen molar-refractivity contribution in [3.8, 4) is 0 Å². The first-order valence-corrected chi connectivity index (χ1v) is 9.79. The van der Waals surface area contributed by atoms with E-state index < -0.39 is 5.97 Å². The Labute approximate surface area is 168 Å². The Hall–Kier alpha value is -2.07. The molecular weight excluding hydrogens is 467 g/mol. The Balaban J connectivity index is 1.77. The number of carboxylic acid groups (broad SMARTS) is 1. The highest BCUT2D eigenvalue weighted by molar-refractivity contribution is 14.1. The number of anilines is 2. The first-order valence-electron chi connectivity index (χ1n) is 7.72. The molecule has 136 valence electrons. The Kier molecular flexibility index (Phi) is 7.92. The van der Waals surface area contributed by atoms with E-state index in [1.807, 2.05) is 24.3 Å². The van der Waals surface area contributed by atoms with Gasteiger partial charge in [0, 0.05) is 26.3 Å². The van der Waals surface area contributed by atoms with Crippen molar-refractivity contribution in [1.29, 1.82) is 0 Å². The zero-order valence-electron chi connectivity index (χ0n) is 13.7. The van der Waals surface area contributed by atoms with Gasteiger partial charge in [-0.2, -0.15) is 0 Å². The van der Waals surface area contributed by atoms with Gasteiger partial charge in [0.2, 0.25) is 11.8 Å². The third-order valence-electron chi connectivity index (χ3n) is 3.20. The number of carbonyl (C=O) groups excluding carboxylic acids is 2. The van der Waals surface area contributed by atoms with E-state index in [4.69, 9.17) is 5.11 Å². The van der Waals surface area contributed by atoms with Gasteiger partial charge in [-0.05, 0) is 71.1 Å². The lowest BCUT2D eigenvalue weighted by molar-refractivity contribution is -0.138. The Bertz CT molecular complexity index is 779. The van der Waals surface area contributed by atoms with Gasteiger partial charge in [0.25, 0.3) is 0 Å². The van der Waals surface area contributed by atoms with E-state index in [0.717, 1.165) is 14.2 Å². The largest absolute Gasteiger partial charge is 0.481 e. The highest BCUT2D eigenvalue weighted by Crippen LogP contribution is 2.21.